The van der Waals surface area contributed by atoms with Crippen molar-refractivity contribution in [2.45, 2.75) is 19.9 Å². The molecule has 1 aromatic heterocycles. The summed E-state index contributed by atoms with van der Waals surface area (Å²) in [5.41, 5.74) is 1.99. The zero-order valence-electron chi connectivity index (χ0n) is 18.5. The molecule has 32 heavy (non-hydrogen) atoms. The molecule has 168 valence electrons. The molecule has 0 aliphatic carbocycles. The molecule has 0 radical (unpaired) electrons. The molecule has 1 aliphatic heterocycles. The molecule has 0 bridgehead atoms. The van der Waals surface area contributed by atoms with Crippen molar-refractivity contribution in [3.63, 3.8) is 0 Å². The monoisotopic (exact) mass is 436 g/mol. The number of hydrogen-bond acceptors (Lipinski definition) is 7. The van der Waals surface area contributed by atoms with E-state index in [1.165, 1.54) is 0 Å². The predicted molar refractivity (Wildman–Crippen MR) is 119 cm³/mol. The van der Waals surface area contributed by atoms with Crippen LogP contribution in [0.3, 0.4) is 0 Å². The number of methoxy groups -OCH3 is 1. The van der Waals surface area contributed by atoms with Crippen LogP contribution in [-0.2, 0) is 17.8 Å². The first-order valence-electron chi connectivity index (χ1n) is 10.8. The van der Waals surface area contributed by atoms with Gasteiger partial charge in [0, 0.05) is 31.7 Å². The lowest BCUT2D eigenvalue weighted by molar-refractivity contribution is -0.135. The molecule has 2 heterocycles. The van der Waals surface area contributed by atoms with Crippen molar-refractivity contribution in [2.75, 3.05) is 39.9 Å². The summed E-state index contributed by atoms with van der Waals surface area (Å²) < 4.78 is 16.4. The first kappa shape index (κ1) is 21.8. The van der Waals surface area contributed by atoms with Gasteiger partial charge in [-0.2, -0.15) is 4.98 Å². The molecule has 4 rings (SSSR count). The Morgan fingerprint density at radius 3 is 2.53 bits per heavy atom. The number of para-hydroxylation sites is 1. The van der Waals surface area contributed by atoms with Gasteiger partial charge in [-0.3, -0.25) is 9.69 Å². The number of benzene rings is 2. The Morgan fingerprint density at radius 2 is 1.81 bits per heavy atom. The van der Waals surface area contributed by atoms with Crippen molar-refractivity contribution in [2.24, 2.45) is 0 Å². The minimum atomic E-state index is 0.00939. The minimum absolute atomic E-state index is 0.00939. The number of piperazine rings is 1. The first-order chi connectivity index (χ1) is 15.7. The number of rotatable bonds is 8. The molecular weight excluding hydrogens is 408 g/mol. The second kappa shape index (κ2) is 10.3. The summed E-state index contributed by atoms with van der Waals surface area (Å²) >= 11 is 0. The fourth-order valence-electron chi connectivity index (χ4n) is 3.69. The molecule has 8 heteroatoms. The SMILES string of the molecule is CCc1ccccc1OCC(=O)N1CCN(Cc2nc(-c3ccc(OC)cc3)no2)CC1. The van der Waals surface area contributed by atoms with Gasteiger partial charge in [0.2, 0.25) is 11.7 Å². The molecule has 0 atom stereocenters. The smallest absolute Gasteiger partial charge is 0.260 e. The topological polar surface area (TPSA) is 80.9 Å². The second-order valence-corrected chi connectivity index (χ2v) is 7.65. The van der Waals surface area contributed by atoms with Gasteiger partial charge in [0.25, 0.3) is 5.91 Å². The Labute approximate surface area is 187 Å². The van der Waals surface area contributed by atoms with E-state index >= 15 is 0 Å². The third kappa shape index (κ3) is 5.26. The van der Waals surface area contributed by atoms with Gasteiger partial charge in [0.1, 0.15) is 11.5 Å². The number of aromatic nitrogens is 2. The van der Waals surface area contributed by atoms with Crippen molar-refractivity contribution in [3.05, 3.63) is 60.0 Å². The molecule has 0 spiro atoms. The fourth-order valence-corrected chi connectivity index (χ4v) is 3.69. The summed E-state index contributed by atoms with van der Waals surface area (Å²) in [5.74, 6) is 2.70. The maximum Gasteiger partial charge on any atom is 0.260 e. The lowest BCUT2D eigenvalue weighted by Crippen LogP contribution is -2.49. The van der Waals surface area contributed by atoms with Crippen LogP contribution in [0.2, 0.25) is 0 Å². The molecule has 1 amide bonds. The van der Waals surface area contributed by atoms with Crippen LogP contribution in [0.1, 0.15) is 18.4 Å². The molecule has 1 saturated heterocycles. The molecule has 3 aromatic rings. The number of hydrogen-bond donors (Lipinski definition) is 0. The maximum atomic E-state index is 12.6. The lowest BCUT2D eigenvalue weighted by Gasteiger charge is -2.33. The van der Waals surface area contributed by atoms with Crippen LogP contribution in [0.5, 0.6) is 11.5 Å². The summed E-state index contributed by atoms with van der Waals surface area (Å²) in [4.78, 5) is 21.1. The number of carbonyl (C=O) groups is 1. The summed E-state index contributed by atoms with van der Waals surface area (Å²) in [6.45, 7) is 5.49. The highest BCUT2D eigenvalue weighted by atomic mass is 16.5. The first-order valence-corrected chi connectivity index (χ1v) is 10.8. The van der Waals surface area contributed by atoms with E-state index in [1.807, 2.05) is 53.4 Å². The highest BCUT2D eigenvalue weighted by Gasteiger charge is 2.23. The third-order valence-electron chi connectivity index (χ3n) is 5.60. The highest BCUT2D eigenvalue weighted by molar-refractivity contribution is 5.78. The summed E-state index contributed by atoms with van der Waals surface area (Å²) in [5, 5.41) is 4.08. The lowest BCUT2D eigenvalue weighted by atomic mass is 10.1. The Balaban J connectivity index is 1.25. The van der Waals surface area contributed by atoms with E-state index in [1.54, 1.807) is 7.11 Å². The molecule has 0 saturated carbocycles. The van der Waals surface area contributed by atoms with Crippen LogP contribution in [-0.4, -0.2) is 65.7 Å². The van der Waals surface area contributed by atoms with Crippen molar-refractivity contribution in [3.8, 4) is 22.9 Å². The van der Waals surface area contributed by atoms with Crippen molar-refractivity contribution in [1.29, 1.82) is 0 Å². The van der Waals surface area contributed by atoms with Gasteiger partial charge in [-0.05, 0) is 42.3 Å². The van der Waals surface area contributed by atoms with Gasteiger partial charge in [-0.1, -0.05) is 30.3 Å². The fraction of sp³-hybridized carbons (Fsp3) is 0.375. The van der Waals surface area contributed by atoms with Crippen molar-refractivity contribution >= 4 is 5.91 Å². The Hall–Kier alpha value is -3.39. The van der Waals surface area contributed by atoms with Gasteiger partial charge in [0.15, 0.2) is 6.61 Å². The zero-order valence-corrected chi connectivity index (χ0v) is 18.5. The van der Waals surface area contributed by atoms with Gasteiger partial charge in [0.05, 0.1) is 13.7 Å². The average Bonchev–Trinajstić information content (AvgIpc) is 3.31. The van der Waals surface area contributed by atoms with Crippen molar-refractivity contribution < 1.29 is 18.8 Å². The molecule has 1 fully saturated rings. The number of carbonyl (C=O) groups excluding carboxylic acids is 1. The summed E-state index contributed by atoms with van der Waals surface area (Å²) in [6, 6.07) is 15.4. The van der Waals surface area contributed by atoms with Crippen LogP contribution >= 0.6 is 0 Å². The number of nitrogens with zero attached hydrogens (tertiary/aromatic N) is 4. The molecule has 0 N–H and O–H groups in total. The number of ether oxygens (including phenoxy) is 2. The quantitative estimate of drug-likeness (QED) is 0.537. The van der Waals surface area contributed by atoms with Gasteiger partial charge in [-0.15, -0.1) is 0 Å². The van der Waals surface area contributed by atoms with Gasteiger partial charge < -0.3 is 18.9 Å². The highest BCUT2D eigenvalue weighted by Crippen LogP contribution is 2.21. The van der Waals surface area contributed by atoms with Crippen LogP contribution < -0.4 is 9.47 Å². The Bertz CT molecular complexity index is 1030. The Morgan fingerprint density at radius 1 is 1.06 bits per heavy atom. The van der Waals surface area contributed by atoms with E-state index in [2.05, 4.69) is 22.0 Å². The van der Waals surface area contributed by atoms with E-state index in [9.17, 15) is 4.79 Å². The van der Waals surface area contributed by atoms with Crippen molar-refractivity contribution in [1.82, 2.24) is 19.9 Å². The van der Waals surface area contributed by atoms with Crippen LogP contribution in [0, 0.1) is 0 Å². The second-order valence-electron chi connectivity index (χ2n) is 7.65. The normalized spacial score (nSPS) is 14.4. The third-order valence-corrected chi connectivity index (χ3v) is 5.60. The van der Waals surface area contributed by atoms with Gasteiger partial charge in [-0.25, -0.2) is 0 Å². The van der Waals surface area contributed by atoms with Crippen LogP contribution in [0.15, 0.2) is 53.1 Å². The Kier molecular flexibility index (Phi) is 7.01. The summed E-state index contributed by atoms with van der Waals surface area (Å²) in [7, 11) is 1.63. The number of amides is 1. The van der Waals surface area contributed by atoms with E-state index < -0.39 is 0 Å². The molecule has 8 nitrogen and oxygen atoms in total. The van der Waals surface area contributed by atoms with Gasteiger partial charge >= 0.3 is 0 Å². The van der Waals surface area contributed by atoms with Crippen LogP contribution in [0.4, 0.5) is 0 Å². The minimum Gasteiger partial charge on any atom is -0.497 e. The van der Waals surface area contributed by atoms with E-state index in [4.69, 9.17) is 14.0 Å². The summed E-state index contributed by atoms with van der Waals surface area (Å²) in [6.07, 6.45) is 0.874. The standard InChI is InChI=1S/C24H28N4O4/c1-3-18-6-4-5-7-21(18)31-17-23(29)28-14-12-27(13-15-28)16-22-25-24(26-32-22)19-8-10-20(30-2)11-9-19/h4-11H,3,12-17H2,1-2H3. The predicted octanol–water partition coefficient (Wildman–Crippen LogP) is 3.03. The number of aryl methyl sites for hydroxylation is 1. The largest absolute Gasteiger partial charge is 0.497 e. The zero-order chi connectivity index (χ0) is 22.3. The maximum absolute atomic E-state index is 12.6. The van der Waals surface area contributed by atoms with E-state index in [-0.39, 0.29) is 12.5 Å². The molecule has 2 aromatic carbocycles. The van der Waals surface area contributed by atoms with E-state index in [0.717, 1.165) is 42.1 Å². The van der Waals surface area contributed by atoms with Crippen LogP contribution in [0.25, 0.3) is 11.4 Å². The molecule has 1 aliphatic rings. The average molecular weight is 437 g/mol. The molecular formula is C24H28N4O4. The molecule has 0 unspecified atom stereocenters. The van der Waals surface area contributed by atoms with E-state index in [0.29, 0.717) is 31.3 Å².